The molecule has 2 aromatic carbocycles. The van der Waals surface area contributed by atoms with E-state index in [-0.39, 0.29) is 42.0 Å². The van der Waals surface area contributed by atoms with Crippen LogP contribution < -0.4 is 27.0 Å². The molecular weight excluding hydrogens is 1110 g/mol. The Morgan fingerprint density at radius 2 is 1.48 bits per heavy atom. The number of carbonyl (C=O) groups is 8. The molecule has 1 aromatic heterocycles. The second-order valence-electron chi connectivity index (χ2n) is 23.6. The Balaban J connectivity index is 1.29. The van der Waals surface area contributed by atoms with Crippen molar-refractivity contribution >= 4 is 64.6 Å². The van der Waals surface area contributed by atoms with E-state index < -0.39 is 90.1 Å². The molecule has 0 radical (unpaired) electrons. The third kappa shape index (κ3) is 19.2. The van der Waals surface area contributed by atoms with Gasteiger partial charge in [0.15, 0.2) is 0 Å². The maximum atomic E-state index is 15.0. The number of rotatable bonds is 30. The number of anilines is 1. The summed E-state index contributed by atoms with van der Waals surface area (Å²) in [5, 5.41) is 14.3. The van der Waals surface area contributed by atoms with Gasteiger partial charge in [0.25, 0.3) is 5.91 Å². The molecule has 470 valence electrons. The van der Waals surface area contributed by atoms with Crippen molar-refractivity contribution in [1.82, 2.24) is 45.4 Å². The lowest BCUT2D eigenvalue weighted by Crippen LogP contribution is -2.60. The quantitative estimate of drug-likeness (QED) is 0.0464. The van der Waals surface area contributed by atoms with E-state index in [4.69, 9.17) is 19.9 Å². The molecule has 0 bridgehead atoms. The summed E-state index contributed by atoms with van der Waals surface area (Å²) in [6, 6.07) is 12.1. The number of methoxy groups -OCH3 is 2. The number of hydrogen-bond acceptors (Lipinski definition) is 14. The summed E-state index contributed by atoms with van der Waals surface area (Å²) in [4.78, 5) is 124. The average Bonchev–Trinajstić information content (AvgIpc) is 4.00. The molecule has 0 spiro atoms. The third-order valence-corrected chi connectivity index (χ3v) is 17.6. The van der Waals surface area contributed by atoms with Crippen LogP contribution in [0, 0.1) is 29.6 Å². The van der Waals surface area contributed by atoms with Gasteiger partial charge in [-0.15, -0.1) is 11.3 Å². The fraction of sp³-hybridized carbons (Fsp3) is 0.629. The van der Waals surface area contributed by atoms with Gasteiger partial charge in [0.05, 0.1) is 42.7 Å². The number of carbonyl (C=O) groups excluding carboxylic acids is 8. The second-order valence-corrected chi connectivity index (χ2v) is 24.5. The van der Waals surface area contributed by atoms with E-state index in [2.05, 4.69) is 31.2 Å². The van der Waals surface area contributed by atoms with Gasteiger partial charge in [-0.3, -0.25) is 33.7 Å². The molecule has 85 heavy (non-hydrogen) atoms. The lowest BCUT2D eigenvalue weighted by atomic mass is 9.89. The monoisotopic (exact) mass is 1200 g/mol. The average molecular weight is 1200 g/mol. The zero-order valence-electron chi connectivity index (χ0n) is 52.2. The van der Waals surface area contributed by atoms with Crippen LogP contribution in [0.5, 0.6) is 0 Å². The van der Waals surface area contributed by atoms with Gasteiger partial charge in [0.2, 0.25) is 35.6 Å². The van der Waals surface area contributed by atoms with Gasteiger partial charge < -0.3 is 60.8 Å². The predicted molar refractivity (Wildman–Crippen MR) is 327 cm³/mol. The molecule has 6 N–H and O–H groups in total. The minimum absolute atomic E-state index is 0.0702. The highest BCUT2D eigenvalue weighted by Gasteiger charge is 2.44. The van der Waals surface area contributed by atoms with Crippen LogP contribution >= 0.6 is 11.3 Å². The molecule has 5 rings (SSSR count). The summed E-state index contributed by atoms with van der Waals surface area (Å²) in [5.41, 5.74) is 7.02. The number of urea groups is 1. The molecule has 11 atom stereocenters. The zero-order chi connectivity index (χ0) is 62.7. The van der Waals surface area contributed by atoms with Gasteiger partial charge in [-0.2, -0.15) is 0 Å². The standard InChI is InChI=1S/C62H95N11O11S/c1-14-40(6)52(48(82-12)37-49(74)73-30-19-23-47(73)53(83-13)42(8)56(76)67-46(58-64-29-35-85-58)36-43-21-16-15-17-22-43)70(10)59(78)50(38(2)3)68-57(77)51(39(4)5)71(11)62(81)84-54(60(79)72-33-31-69(9)32-34-72)44-24-26-45(27-25-44)66-55(75)41(7)20-18-28-65-61(63)80/h15-17,21-22,24-27,29,35,38-42,46-48,50-54H,14,18-20,23,28,30-34,36-37H2,1-13H3,(H,66,75)(H,67,76)(H,68,77)(H3,63,65,80)/t40-,41-,42+,46-,47-,48+,50-,51-,52-,53+,54?/m0/s1. The van der Waals surface area contributed by atoms with Crippen molar-refractivity contribution in [3.8, 4) is 0 Å². The number of primary amides is 1. The highest BCUT2D eigenvalue weighted by molar-refractivity contribution is 7.09. The van der Waals surface area contributed by atoms with E-state index in [1.54, 1.807) is 80.1 Å². The third-order valence-electron chi connectivity index (χ3n) is 16.7. The Morgan fingerprint density at radius 1 is 0.812 bits per heavy atom. The molecule has 9 amide bonds. The van der Waals surface area contributed by atoms with Crippen LogP contribution in [0.4, 0.5) is 15.3 Å². The van der Waals surface area contributed by atoms with Gasteiger partial charge in [0.1, 0.15) is 17.1 Å². The highest BCUT2D eigenvalue weighted by atomic mass is 32.1. The molecule has 1 unspecified atom stereocenters. The van der Waals surface area contributed by atoms with Gasteiger partial charge in [-0.1, -0.05) is 104 Å². The summed E-state index contributed by atoms with van der Waals surface area (Å²) in [7, 11) is 8.13. The first-order valence-electron chi connectivity index (χ1n) is 29.9. The van der Waals surface area contributed by atoms with E-state index in [0.29, 0.717) is 89.0 Å². The van der Waals surface area contributed by atoms with E-state index in [1.807, 2.05) is 77.4 Å². The van der Waals surface area contributed by atoms with Crippen LogP contribution in [-0.4, -0.2) is 188 Å². The first-order valence-corrected chi connectivity index (χ1v) is 30.8. The predicted octanol–water partition coefficient (Wildman–Crippen LogP) is 6.24. The second kappa shape index (κ2) is 33.3. The van der Waals surface area contributed by atoms with Crippen LogP contribution in [0.3, 0.4) is 0 Å². The number of piperazine rings is 1. The van der Waals surface area contributed by atoms with Crippen molar-refractivity contribution in [2.45, 2.75) is 149 Å². The minimum atomic E-state index is -1.40. The van der Waals surface area contributed by atoms with E-state index >= 15 is 0 Å². The smallest absolute Gasteiger partial charge is 0.411 e. The highest BCUT2D eigenvalue weighted by Crippen LogP contribution is 2.32. The summed E-state index contributed by atoms with van der Waals surface area (Å²) in [6.45, 7) is 17.6. The zero-order valence-corrected chi connectivity index (χ0v) is 53.0. The van der Waals surface area contributed by atoms with E-state index in [9.17, 15) is 38.4 Å². The number of aromatic nitrogens is 1. The Kier molecular flexibility index (Phi) is 27.0. The first kappa shape index (κ1) is 69.1. The maximum absolute atomic E-state index is 15.0. The van der Waals surface area contributed by atoms with Crippen LogP contribution in [0.1, 0.15) is 122 Å². The number of nitrogens with zero attached hydrogens (tertiary/aromatic N) is 6. The fourth-order valence-electron chi connectivity index (χ4n) is 11.5. The lowest BCUT2D eigenvalue weighted by Gasteiger charge is -2.41. The maximum Gasteiger partial charge on any atom is 0.411 e. The van der Waals surface area contributed by atoms with Crippen molar-refractivity contribution in [2.75, 3.05) is 79.9 Å². The summed E-state index contributed by atoms with van der Waals surface area (Å²) in [5.74, 6) is -4.22. The number of nitrogens with two attached hydrogens (primary N) is 1. The molecule has 3 heterocycles. The van der Waals surface area contributed by atoms with Crippen molar-refractivity contribution < 1.29 is 52.6 Å². The van der Waals surface area contributed by atoms with Gasteiger partial charge in [-0.05, 0) is 74.6 Å². The van der Waals surface area contributed by atoms with Gasteiger partial charge in [0, 0.05) is 96.3 Å². The molecule has 2 fully saturated rings. The molecule has 23 heteroatoms. The summed E-state index contributed by atoms with van der Waals surface area (Å²) < 4.78 is 18.3. The SMILES string of the molecule is CC[C@H](C)[C@@H]([C@@H](CC(=O)N1CCC[C@H]1[C@H](OC)[C@@H](C)C(=O)N[C@@H](Cc1ccccc1)c1nccs1)OC)N(C)C(=O)[C@@H](NC(=O)[C@H](C(C)C)N(C)C(=O)OC(C(=O)N1CCN(C)CC1)c1ccc(NC(=O)[C@@H](C)CCCNC(N)=O)cc1)C(C)C. The van der Waals surface area contributed by atoms with E-state index in [1.165, 1.54) is 25.5 Å². The fourth-order valence-corrected chi connectivity index (χ4v) is 12.2. The number of hydrogen-bond donors (Lipinski definition) is 5. The van der Waals surface area contributed by atoms with Crippen LogP contribution in [-0.2, 0) is 49.4 Å². The molecule has 22 nitrogen and oxygen atoms in total. The Labute approximate surface area is 507 Å². The lowest BCUT2D eigenvalue weighted by molar-refractivity contribution is -0.148. The number of benzene rings is 2. The van der Waals surface area contributed by atoms with Crippen molar-refractivity contribution in [3.63, 3.8) is 0 Å². The normalized spacial score (nSPS) is 18.2. The first-order chi connectivity index (χ1) is 40.4. The Morgan fingerprint density at radius 3 is 2.06 bits per heavy atom. The molecule has 2 aliphatic heterocycles. The van der Waals surface area contributed by atoms with Gasteiger partial charge >= 0.3 is 12.1 Å². The van der Waals surface area contributed by atoms with Crippen LogP contribution in [0.15, 0.2) is 66.2 Å². The molecule has 0 saturated carbocycles. The number of likely N-dealkylation sites (tertiary alicyclic amines) is 1. The van der Waals surface area contributed by atoms with Crippen molar-refractivity contribution in [3.05, 3.63) is 82.3 Å². The number of likely N-dealkylation sites (N-methyl/N-ethyl adjacent to an activating group) is 3. The number of ether oxygens (including phenoxy) is 3. The topological polar surface area (TPSA) is 267 Å². The molecular formula is C62H95N11O11S. The number of amides is 9. The Hall–Kier alpha value is -6.69. The summed E-state index contributed by atoms with van der Waals surface area (Å²) in [6.07, 6.45) is 1.49. The van der Waals surface area contributed by atoms with Gasteiger partial charge in [-0.25, -0.2) is 14.6 Å². The van der Waals surface area contributed by atoms with Crippen molar-refractivity contribution in [1.29, 1.82) is 0 Å². The van der Waals surface area contributed by atoms with E-state index in [0.717, 1.165) is 15.5 Å². The van der Waals surface area contributed by atoms with Crippen LogP contribution in [0.25, 0.3) is 0 Å². The molecule has 2 saturated heterocycles. The Bertz CT molecular complexity index is 2640. The van der Waals surface area contributed by atoms with Crippen LogP contribution in [0.2, 0.25) is 0 Å². The molecule has 0 aliphatic carbocycles. The molecule has 2 aliphatic rings. The summed E-state index contributed by atoms with van der Waals surface area (Å²) >= 11 is 1.48. The minimum Gasteiger partial charge on any atom is -0.431 e. The van der Waals surface area contributed by atoms with Crippen molar-refractivity contribution in [2.24, 2.45) is 35.3 Å². The molecule has 3 aromatic rings. The number of thiazole rings is 1. The number of nitrogens with one attached hydrogen (secondary N) is 4. The largest absolute Gasteiger partial charge is 0.431 e.